The minimum absolute atomic E-state index is 0.476. The van der Waals surface area contributed by atoms with Crippen molar-refractivity contribution in [1.82, 2.24) is 4.98 Å². The number of hydrogen-bond acceptors (Lipinski definition) is 3. The fraction of sp³-hybridized carbons (Fsp3) is 0.143. The van der Waals surface area contributed by atoms with E-state index in [2.05, 4.69) is 9.98 Å². The van der Waals surface area contributed by atoms with Crippen LogP contribution in [0.5, 0.6) is 5.75 Å². The first-order valence-electron chi connectivity index (χ1n) is 5.71. The lowest BCUT2D eigenvalue weighted by atomic mass is 10.2. The van der Waals surface area contributed by atoms with Crippen LogP contribution in [-0.2, 0) is 6.18 Å². The van der Waals surface area contributed by atoms with Crippen molar-refractivity contribution in [3.8, 4) is 5.75 Å². The number of aromatic nitrogens is 1. The Kier molecular flexibility index (Phi) is 4.02. The number of para-hydroxylation sites is 2. The topological polar surface area (TPSA) is 34.5 Å². The van der Waals surface area contributed by atoms with Crippen LogP contribution < -0.4 is 4.74 Å². The molecule has 0 saturated carbocycles. The van der Waals surface area contributed by atoms with Crippen molar-refractivity contribution < 1.29 is 17.9 Å². The van der Waals surface area contributed by atoms with E-state index in [0.29, 0.717) is 17.0 Å². The molecule has 1 aromatic carbocycles. The molecule has 0 spiro atoms. The summed E-state index contributed by atoms with van der Waals surface area (Å²) in [6, 6.07) is 9.32. The summed E-state index contributed by atoms with van der Waals surface area (Å²) in [5.41, 5.74) is 0.144. The van der Waals surface area contributed by atoms with Gasteiger partial charge < -0.3 is 4.74 Å². The molecule has 1 heterocycles. The molecule has 0 aliphatic rings. The maximum Gasteiger partial charge on any atom is 0.433 e. The number of halogens is 3. The van der Waals surface area contributed by atoms with Gasteiger partial charge in [0.05, 0.1) is 7.11 Å². The fourth-order valence-corrected chi connectivity index (χ4v) is 1.53. The van der Waals surface area contributed by atoms with Crippen molar-refractivity contribution in [3.05, 3.63) is 53.9 Å². The van der Waals surface area contributed by atoms with Crippen LogP contribution in [0.25, 0.3) is 0 Å². The zero-order valence-corrected chi connectivity index (χ0v) is 10.6. The first kappa shape index (κ1) is 14.0. The summed E-state index contributed by atoms with van der Waals surface area (Å²) in [5.74, 6) is 0.587. The number of methoxy groups -OCH3 is 1. The van der Waals surface area contributed by atoms with Crippen LogP contribution in [0, 0.1) is 0 Å². The van der Waals surface area contributed by atoms with Crippen molar-refractivity contribution in [1.29, 1.82) is 0 Å². The SMILES string of the molecule is COc1ccccc1N=Cc1ccc(C(F)(F)F)nc1. The molecule has 1 aromatic heterocycles. The van der Waals surface area contributed by atoms with E-state index in [4.69, 9.17) is 4.74 Å². The quantitative estimate of drug-likeness (QED) is 0.800. The molecule has 0 fully saturated rings. The molecule has 6 heteroatoms. The molecular formula is C14H11F3N2O. The average molecular weight is 280 g/mol. The van der Waals surface area contributed by atoms with Gasteiger partial charge in [-0.25, -0.2) is 0 Å². The molecule has 0 saturated heterocycles. The monoisotopic (exact) mass is 280 g/mol. The third-order valence-corrected chi connectivity index (χ3v) is 2.51. The van der Waals surface area contributed by atoms with E-state index in [1.807, 2.05) is 0 Å². The molecule has 0 atom stereocenters. The average Bonchev–Trinajstić information content (AvgIpc) is 2.45. The van der Waals surface area contributed by atoms with Crippen LogP contribution in [-0.4, -0.2) is 18.3 Å². The van der Waals surface area contributed by atoms with Crippen molar-refractivity contribution in [3.63, 3.8) is 0 Å². The summed E-state index contributed by atoms with van der Waals surface area (Å²) < 4.78 is 42.2. The van der Waals surface area contributed by atoms with Gasteiger partial charge in [-0.3, -0.25) is 9.98 Å². The Morgan fingerprint density at radius 2 is 1.90 bits per heavy atom. The van der Waals surface area contributed by atoms with Crippen LogP contribution in [0.1, 0.15) is 11.3 Å². The Labute approximate surface area is 113 Å². The molecule has 0 bridgehead atoms. The van der Waals surface area contributed by atoms with Gasteiger partial charge in [-0.1, -0.05) is 12.1 Å². The van der Waals surface area contributed by atoms with Crippen LogP contribution in [0.3, 0.4) is 0 Å². The number of rotatable bonds is 3. The molecule has 0 aliphatic carbocycles. The number of pyridine rings is 1. The van der Waals surface area contributed by atoms with Gasteiger partial charge in [0.1, 0.15) is 17.1 Å². The second-order valence-electron chi connectivity index (χ2n) is 3.90. The Morgan fingerprint density at radius 1 is 1.15 bits per heavy atom. The highest BCUT2D eigenvalue weighted by molar-refractivity contribution is 5.82. The lowest BCUT2D eigenvalue weighted by Gasteiger charge is -2.05. The minimum atomic E-state index is -4.43. The number of hydrogen-bond donors (Lipinski definition) is 0. The van der Waals surface area contributed by atoms with Gasteiger partial charge in [-0.05, 0) is 24.3 Å². The number of benzene rings is 1. The summed E-state index contributed by atoms with van der Waals surface area (Å²) in [6.45, 7) is 0. The van der Waals surface area contributed by atoms with E-state index in [-0.39, 0.29) is 0 Å². The molecule has 0 radical (unpaired) electrons. The molecule has 0 N–H and O–H groups in total. The van der Waals surface area contributed by atoms with Crippen LogP contribution >= 0.6 is 0 Å². The van der Waals surface area contributed by atoms with Crippen LogP contribution in [0.4, 0.5) is 18.9 Å². The fourth-order valence-electron chi connectivity index (χ4n) is 1.53. The number of alkyl halides is 3. The lowest BCUT2D eigenvalue weighted by molar-refractivity contribution is -0.141. The maximum atomic E-state index is 12.4. The molecule has 2 aromatic rings. The minimum Gasteiger partial charge on any atom is -0.494 e. The summed E-state index contributed by atoms with van der Waals surface area (Å²) in [6.07, 6.45) is -1.87. The summed E-state index contributed by atoms with van der Waals surface area (Å²) >= 11 is 0. The van der Waals surface area contributed by atoms with Crippen molar-refractivity contribution >= 4 is 11.9 Å². The Morgan fingerprint density at radius 3 is 2.50 bits per heavy atom. The van der Waals surface area contributed by atoms with E-state index >= 15 is 0 Å². The Balaban J connectivity index is 2.20. The van der Waals surface area contributed by atoms with Gasteiger partial charge in [0, 0.05) is 18.0 Å². The first-order chi connectivity index (χ1) is 9.50. The highest BCUT2D eigenvalue weighted by Gasteiger charge is 2.31. The third kappa shape index (κ3) is 3.34. The normalized spacial score (nSPS) is 11.8. The van der Waals surface area contributed by atoms with Gasteiger partial charge in [-0.2, -0.15) is 13.2 Å². The van der Waals surface area contributed by atoms with E-state index in [9.17, 15) is 13.2 Å². The molecule has 0 amide bonds. The number of ether oxygens (including phenoxy) is 1. The largest absolute Gasteiger partial charge is 0.494 e. The van der Waals surface area contributed by atoms with Gasteiger partial charge >= 0.3 is 6.18 Å². The highest BCUT2D eigenvalue weighted by Crippen LogP contribution is 2.28. The van der Waals surface area contributed by atoms with E-state index in [1.165, 1.54) is 19.4 Å². The molecular weight excluding hydrogens is 269 g/mol. The third-order valence-electron chi connectivity index (χ3n) is 2.51. The van der Waals surface area contributed by atoms with Crippen molar-refractivity contribution in [2.24, 2.45) is 4.99 Å². The first-order valence-corrected chi connectivity index (χ1v) is 5.71. The van der Waals surface area contributed by atoms with Gasteiger partial charge in [0.15, 0.2) is 0 Å². The molecule has 2 rings (SSSR count). The molecule has 3 nitrogen and oxygen atoms in total. The standard InChI is InChI=1S/C14H11F3N2O/c1-20-12-5-3-2-4-11(12)18-8-10-6-7-13(19-9-10)14(15,16)17/h2-9H,1H3. The number of aliphatic imine (C=N–C) groups is 1. The van der Waals surface area contributed by atoms with E-state index < -0.39 is 11.9 Å². The van der Waals surface area contributed by atoms with Gasteiger partial charge in [-0.15, -0.1) is 0 Å². The maximum absolute atomic E-state index is 12.4. The predicted molar refractivity (Wildman–Crippen MR) is 69.5 cm³/mol. The summed E-state index contributed by atoms with van der Waals surface area (Å²) in [4.78, 5) is 7.53. The zero-order chi connectivity index (χ0) is 14.6. The highest BCUT2D eigenvalue weighted by atomic mass is 19.4. The van der Waals surface area contributed by atoms with Gasteiger partial charge in [0.25, 0.3) is 0 Å². The van der Waals surface area contributed by atoms with E-state index in [0.717, 1.165) is 12.3 Å². The molecule has 0 unspecified atom stereocenters. The Hall–Kier alpha value is -2.37. The van der Waals surface area contributed by atoms with Crippen LogP contribution in [0.15, 0.2) is 47.6 Å². The molecule has 104 valence electrons. The number of nitrogens with zero attached hydrogens (tertiary/aromatic N) is 2. The predicted octanol–water partition coefficient (Wildman–Crippen LogP) is 3.86. The molecule has 20 heavy (non-hydrogen) atoms. The summed E-state index contributed by atoms with van der Waals surface area (Å²) in [7, 11) is 1.52. The van der Waals surface area contributed by atoms with E-state index in [1.54, 1.807) is 24.3 Å². The van der Waals surface area contributed by atoms with Crippen molar-refractivity contribution in [2.75, 3.05) is 7.11 Å². The van der Waals surface area contributed by atoms with Crippen LogP contribution in [0.2, 0.25) is 0 Å². The Bertz CT molecular complexity index is 607. The van der Waals surface area contributed by atoms with Crippen molar-refractivity contribution in [2.45, 2.75) is 6.18 Å². The summed E-state index contributed by atoms with van der Waals surface area (Å²) in [5, 5.41) is 0. The smallest absolute Gasteiger partial charge is 0.433 e. The second kappa shape index (κ2) is 5.73. The second-order valence-corrected chi connectivity index (χ2v) is 3.90. The van der Waals surface area contributed by atoms with Gasteiger partial charge in [0.2, 0.25) is 0 Å². The lowest BCUT2D eigenvalue weighted by Crippen LogP contribution is -2.07. The zero-order valence-electron chi connectivity index (χ0n) is 10.6. The molecule has 0 aliphatic heterocycles.